The van der Waals surface area contributed by atoms with E-state index in [-0.39, 0.29) is 42.7 Å². The number of benzene rings is 2. The Balaban J connectivity index is 1.36. The molecule has 3 N–H and O–H groups in total. The normalized spacial score (nSPS) is 26.3. The lowest BCUT2D eigenvalue weighted by molar-refractivity contribution is -0.268. The number of thioether (sulfide) groups is 1. The van der Waals surface area contributed by atoms with Crippen LogP contribution in [0.5, 0.6) is 0 Å². The topological polar surface area (TPSA) is 207 Å². The van der Waals surface area contributed by atoms with Crippen molar-refractivity contribution in [3.05, 3.63) is 71.5 Å². The Morgan fingerprint density at radius 3 is 2.15 bits per heavy atom. The Bertz CT molecular complexity index is 1800. The zero-order chi connectivity index (χ0) is 39.6. The number of thiocarbonyl (C=S) groups is 1. The molecule has 0 aliphatic carbocycles. The van der Waals surface area contributed by atoms with Crippen molar-refractivity contribution in [2.45, 2.75) is 102 Å². The molecule has 16 nitrogen and oxygen atoms in total. The summed E-state index contributed by atoms with van der Waals surface area (Å²) in [5.74, 6) is -2.25. The molecule has 2 aliphatic heterocycles. The quantitative estimate of drug-likeness (QED) is 0.0907. The summed E-state index contributed by atoms with van der Waals surface area (Å²) in [6.45, 7) is 6.35. The molecule has 2 fully saturated rings. The zero-order valence-electron chi connectivity index (χ0n) is 30.9. The Hall–Kier alpha value is -4.46. The molecule has 0 saturated carbocycles. The smallest absolute Gasteiger partial charge is 0.303 e. The standard InChI is InChI=1S/C37H44N4O12S2/c1-19-30(17-55-37-38-18-39-41-37)52-36(53-32(19)25-11-9-24(15-42)10-12-25)26-7-6-8-27(13-26)40-31(54)14-28-33(48-21(3)44)35(50-23(5)46)34(49-22(4)45)29(51-28)16-47-20(2)43/h6-13,18-19,28-30,32-36,42H,14-17H2,1-5H3,(H,40,54)(H,38,39,41)/t19-,28-,29+,30+,32+,33-,34+,35+,36?/m0/s1. The molecular weight excluding hydrogens is 757 g/mol. The van der Waals surface area contributed by atoms with Gasteiger partial charge >= 0.3 is 23.9 Å². The number of anilines is 1. The van der Waals surface area contributed by atoms with Crippen LogP contribution in [-0.4, -0.2) is 98.1 Å². The molecule has 3 aromatic rings. The lowest BCUT2D eigenvalue weighted by Crippen LogP contribution is -2.62. The molecule has 0 radical (unpaired) electrons. The molecule has 296 valence electrons. The van der Waals surface area contributed by atoms with Gasteiger partial charge in [-0.15, -0.1) is 0 Å². The van der Waals surface area contributed by atoms with Gasteiger partial charge in [-0.2, -0.15) is 5.10 Å². The van der Waals surface area contributed by atoms with Gasteiger partial charge in [0.15, 0.2) is 29.8 Å². The van der Waals surface area contributed by atoms with E-state index in [1.54, 1.807) is 6.07 Å². The second kappa shape index (κ2) is 19.4. The number of carbonyl (C=O) groups is 4. The van der Waals surface area contributed by atoms with Gasteiger partial charge in [0.05, 0.1) is 23.8 Å². The highest BCUT2D eigenvalue weighted by atomic mass is 32.2. The van der Waals surface area contributed by atoms with Gasteiger partial charge in [-0.1, -0.05) is 67.3 Å². The van der Waals surface area contributed by atoms with Crippen molar-refractivity contribution in [2.24, 2.45) is 5.92 Å². The summed E-state index contributed by atoms with van der Waals surface area (Å²) < 4.78 is 41.2. The third-order valence-corrected chi connectivity index (χ3v) is 10.1. The van der Waals surface area contributed by atoms with E-state index >= 15 is 0 Å². The predicted molar refractivity (Wildman–Crippen MR) is 199 cm³/mol. The average Bonchev–Trinajstić information content (AvgIpc) is 3.66. The summed E-state index contributed by atoms with van der Waals surface area (Å²) in [5.41, 5.74) is 3.03. The van der Waals surface area contributed by atoms with E-state index in [9.17, 15) is 24.3 Å². The van der Waals surface area contributed by atoms with E-state index in [4.69, 9.17) is 45.4 Å². The van der Waals surface area contributed by atoms with Crippen LogP contribution in [-0.2, 0) is 58.9 Å². The van der Waals surface area contributed by atoms with E-state index in [2.05, 4.69) is 27.4 Å². The minimum Gasteiger partial charge on any atom is -0.463 e. The van der Waals surface area contributed by atoms with Crippen molar-refractivity contribution in [2.75, 3.05) is 17.7 Å². The van der Waals surface area contributed by atoms with E-state index < -0.39 is 60.7 Å². The average molecular weight is 801 g/mol. The summed E-state index contributed by atoms with van der Waals surface area (Å²) in [6, 6.07) is 15.0. The van der Waals surface area contributed by atoms with Gasteiger partial charge in [-0.25, -0.2) is 4.98 Å². The fourth-order valence-electron chi connectivity index (χ4n) is 6.37. The molecule has 2 aromatic carbocycles. The maximum Gasteiger partial charge on any atom is 0.303 e. The number of hydrogen-bond acceptors (Lipinski definition) is 16. The van der Waals surface area contributed by atoms with Gasteiger partial charge < -0.3 is 43.6 Å². The van der Waals surface area contributed by atoms with Crippen molar-refractivity contribution in [3.8, 4) is 0 Å². The molecule has 55 heavy (non-hydrogen) atoms. The summed E-state index contributed by atoms with van der Waals surface area (Å²) >= 11 is 7.25. The lowest BCUT2D eigenvalue weighted by atomic mass is 9.91. The van der Waals surface area contributed by atoms with Crippen LogP contribution in [0.15, 0.2) is 60.0 Å². The number of esters is 4. The summed E-state index contributed by atoms with van der Waals surface area (Å²) in [7, 11) is 0. The second-order valence-electron chi connectivity index (χ2n) is 13.0. The molecule has 1 aromatic heterocycles. The van der Waals surface area contributed by atoms with Crippen molar-refractivity contribution < 1.29 is 57.4 Å². The molecule has 3 heterocycles. The van der Waals surface area contributed by atoms with Gasteiger partial charge in [0.2, 0.25) is 0 Å². The van der Waals surface area contributed by atoms with Crippen LogP contribution in [0.3, 0.4) is 0 Å². The molecule has 1 unspecified atom stereocenters. The molecule has 2 saturated heterocycles. The first-order chi connectivity index (χ1) is 26.3. The monoisotopic (exact) mass is 800 g/mol. The molecule has 0 amide bonds. The molecular formula is C37H44N4O12S2. The predicted octanol–water partition coefficient (Wildman–Crippen LogP) is 4.14. The molecule has 5 rings (SSSR count). The van der Waals surface area contributed by atoms with Crippen molar-refractivity contribution in [1.29, 1.82) is 0 Å². The van der Waals surface area contributed by atoms with Gasteiger partial charge in [0.25, 0.3) is 0 Å². The van der Waals surface area contributed by atoms with Crippen LogP contribution < -0.4 is 5.32 Å². The summed E-state index contributed by atoms with van der Waals surface area (Å²) in [4.78, 5) is 52.8. The highest BCUT2D eigenvalue weighted by Crippen LogP contribution is 2.43. The second-order valence-corrected chi connectivity index (χ2v) is 14.5. The van der Waals surface area contributed by atoms with Gasteiger partial charge in [0, 0.05) is 57.0 Å². The van der Waals surface area contributed by atoms with Crippen molar-refractivity contribution >= 4 is 58.5 Å². The minimum absolute atomic E-state index is 0.0422. The van der Waals surface area contributed by atoms with Crippen LogP contribution in [0.1, 0.15) is 70.1 Å². The summed E-state index contributed by atoms with van der Waals surface area (Å²) in [5, 5.41) is 20.3. The Morgan fingerprint density at radius 1 is 0.855 bits per heavy atom. The number of aliphatic hydroxyl groups excluding tert-OH is 1. The first kappa shape index (κ1) is 41.7. The van der Waals surface area contributed by atoms with Gasteiger partial charge in [-0.05, 0) is 23.3 Å². The number of nitrogens with zero attached hydrogens (tertiary/aromatic N) is 2. The third kappa shape index (κ3) is 11.5. The highest BCUT2D eigenvalue weighted by Gasteiger charge is 2.52. The lowest BCUT2D eigenvalue weighted by Gasteiger charge is -2.44. The number of aromatic amines is 1. The van der Waals surface area contributed by atoms with Crippen LogP contribution in [0.2, 0.25) is 0 Å². The SMILES string of the molecule is CC(=O)OC[C@H]1O[C@@H](CC(=S)Nc2cccc(C3O[C@H](CSc4ncn[nH]4)[C@H](C)[C@H](c4ccc(CO)cc4)O3)c2)[C@H](OC(C)=O)[C@@H](OC(C)=O)[C@@H]1OC(C)=O. The maximum absolute atomic E-state index is 12.3. The fraction of sp³-hybridized carbons (Fsp3) is 0.486. The number of carbonyl (C=O) groups excluding carboxylic acids is 4. The van der Waals surface area contributed by atoms with Crippen molar-refractivity contribution in [3.63, 3.8) is 0 Å². The van der Waals surface area contributed by atoms with E-state index in [0.717, 1.165) is 25.0 Å². The fourth-order valence-corrected chi connectivity index (χ4v) is 7.60. The molecule has 0 bridgehead atoms. The van der Waals surface area contributed by atoms with E-state index in [0.29, 0.717) is 22.2 Å². The Morgan fingerprint density at radius 2 is 1.53 bits per heavy atom. The zero-order valence-corrected chi connectivity index (χ0v) is 32.5. The van der Waals surface area contributed by atoms with Crippen LogP contribution >= 0.6 is 24.0 Å². The molecule has 0 spiro atoms. The first-order valence-electron chi connectivity index (χ1n) is 17.5. The summed E-state index contributed by atoms with van der Waals surface area (Å²) in [6.07, 6.45) is -5.89. The number of rotatable bonds is 14. The Labute approximate surface area is 327 Å². The minimum atomic E-state index is -1.30. The van der Waals surface area contributed by atoms with E-state index in [1.165, 1.54) is 31.9 Å². The molecule has 9 atom stereocenters. The van der Waals surface area contributed by atoms with Crippen molar-refractivity contribution in [1.82, 2.24) is 15.2 Å². The van der Waals surface area contributed by atoms with Gasteiger partial charge in [-0.3, -0.25) is 24.3 Å². The number of aliphatic hydroxyl groups is 1. The number of ether oxygens (including phenoxy) is 7. The number of aromatic nitrogens is 3. The number of hydrogen-bond donors (Lipinski definition) is 3. The van der Waals surface area contributed by atoms with Crippen LogP contribution in [0.25, 0.3) is 0 Å². The van der Waals surface area contributed by atoms with Crippen LogP contribution in [0.4, 0.5) is 5.69 Å². The number of H-pyrrole nitrogens is 1. The molecule has 2 aliphatic rings. The maximum atomic E-state index is 12.3. The first-order valence-corrected chi connectivity index (χ1v) is 18.9. The van der Waals surface area contributed by atoms with Crippen LogP contribution in [0, 0.1) is 5.92 Å². The van der Waals surface area contributed by atoms with E-state index in [1.807, 2.05) is 42.5 Å². The van der Waals surface area contributed by atoms with Gasteiger partial charge in [0.1, 0.15) is 25.1 Å². The third-order valence-electron chi connectivity index (χ3n) is 8.82. The number of nitrogens with one attached hydrogen (secondary N) is 2. The largest absolute Gasteiger partial charge is 0.463 e. The highest BCUT2D eigenvalue weighted by molar-refractivity contribution is 7.99. The Kier molecular flexibility index (Phi) is 14.7. The molecule has 18 heteroatoms.